The zero-order valence-corrected chi connectivity index (χ0v) is 10.3. The summed E-state index contributed by atoms with van der Waals surface area (Å²) < 4.78 is 28.5. The summed E-state index contributed by atoms with van der Waals surface area (Å²) in [4.78, 5) is 20.7. The van der Waals surface area contributed by atoms with Gasteiger partial charge in [0.1, 0.15) is 17.8 Å². The van der Waals surface area contributed by atoms with Gasteiger partial charge in [-0.2, -0.15) is 0 Å². The van der Waals surface area contributed by atoms with E-state index in [0.717, 1.165) is 0 Å². The van der Waals surface area contributed by atoms with Crippen LogP contribution in [0.5, 0.6) is 0 Å². The Kier molecular flexibility index (Phi) is 5.00. The van der Waals surface area contributed by atoms with E-state index in [0.29, 0.717) is 5.56 Å². The molecule has 0 bridgehead atoms. The maximum Gasteiger partial charge on any atom is 0.335 e. The van der Waals surface area contributed by atoms with E-state index in [4.69, 9.17) is 0 Å². The smallest absolute Gasteiger partial charge is 0.324 e. The molecule has 0 aliphatic heterocycles. The first kappa shape index (κ1) is 14.0. The minimum absolute atomic E-state index is 0.00208. The number of carbonyl (C=O) groups excluding carboxylic acids is 1. The molecule has 6 heteroatoms. The number of hydrogen-bond acceptors (Lipinski definition) is 3. The molecule has 0 saturated heterocycles. The number of ketones is 1. The van der Waals surface area contributed by atoms with Gasteiger partial charge >= 0.3 is 7.60 Å². The molecule has 17 heavy (non-hydrogen) atoms. The van der Waals surface area contributed by atoms with E-state index < -0.39 is 19.5 Å². The van der Waals surface area contributed by atoms with Crippen LogP contribution in [-0.4, -0.2) is 23.4 Å². The Morgan fingerprint density at radius 3 is 2.53 bits per heavy atom. The molecule has 0 fully saturated rings. The maximum absolute atomic E-state index is 12.6. The van der Waals surface area contributed by atoms with Gasteiger partial charge in [-0.3, -0.25) is 9.36 Å². The zero-order chi connectivity index (χ0) is 12.9. The lowest BCUT2D eigenvalue weighted by Gasteiger charge is -2.09. The Morgan fingerprint density at radius 1 is 1.41 bits per heavy atom. The van der Waals surface area contributed by atoms with E-state index >= 15 is 0 Å². The van der Waals surface area contributed by atoms with E-state index in [1.165, 1.54) is 24.3 Å². The summed E-state index contributed by atoms with van der Waals surface area (Å²) in [5, 5.41) is 0. The van der Waals surface area contributed by atoms with Crippen LogP contribution in [-0.2, 0) is 20.3 Å². The van der Waals surface area contributed by atoms with Crippen molar-refractivity contribution in [3.05, 3.63) is 35.6 Å². The molecular formula is C11H14FO4P. The van der Waals surface area contributed by atoms with Crippen molar-refractivity contribution in [2.75, 3.05) is 12.8 Å². The fourth-order valence-electron chi connectivity index (χ4n) is 1.36. The average molecular weight is 260 g/mol. The summed E-state index contributed by atoms with van der Waals surface area (Å²) in [7, 11) is -3.82. The fourth-order valence-corrected chi connectivity index (χ4v) is 2.41. The highest BCUT2D eigenvalue weighted by atomic mass is 31.2. The average Bonchev–Trinajstić information content (AvgIpc) is 2.20. The molecule has 4 nitrogen and oxygen atoms in total. The number of halogens is 1. The van der Waals surface area contributed by atoms with Gasteiger partial charge in [0.05, 0.1) is 6.61 Å². The van der Waals surface area contributed by atoms with Gasteiger partial charge in [-0.15, -0.1) is 0 Å². The van der Waals surface area contributed by atoms with Crippen LogP contribution in [0.3, 0.4) is 0 Å². The number of rotatable bonds is 6. The first-order chi connectivity index (χ1) is 7.93. The van der Waals surface area contributed by atoms with Gasteiger partial charge in [0.2, 0.25) is 0 Å². The summed E-state index contributed by atoms with van der Waals surface area (Å²) in [6, 6.07) is 5.42. The van der Waals surface area contributed by atoms with E-state index in [1.807, 2.05) is 0 Å². The molecule has 0 spiro atoms. The second-order valence-corrected chi connectivity index (χ2v) is 5.40. The minimum Gasteiger partial charge on any atom is -0.324 e. The largest absolute Gasteiger partial charge is 0.335 e. The van der Waals surface area contributed by atoms with E-state index in [2.05, 4.69) is 4.52 Å². The molecule has 94 valence electrons. The van der Waals surface area contributed by atoms with Gasteiger partial charge < -0.3 is 9.42 Å². The number of carbonyl (C=O) groups is 1. The fraction of sp³-hybridized carbons (Fsp3) is 0.364. The van der Waals surface area contributed by atoms with E-state index in [-0.39, 0.29) is 18.8 Å². The Hall–Kier alpha value is -1.03. The summed E-state index contributed by atoms with van der Waals surface area (Å²) >= 11 is 0. The summed E-state index contributed by atoms with van der Waals surface area (Å²) in [5.41, 5.74) is 0.605. The third-order valence-electron chi connectivity index (χ3n) is 2.02. The molecule has 0 radical (unpaired) electrons. The van der Waals surface area contributed by atoms with Gasteiger partial charge in [-0.25, -0.2) is 4.39 Å². The molecule has 0 amide bonds. The summed E-state index contributed by atoms with van der Waals surface area (Å²) in [6.07, 6.45) is -0.518. The molecular weight excluding hydrogens is 246 g/mol. The summed E-state index contributed by atoms with van der Waals surface area (Å²) in [6.45, 7) is 1.66. The van der Waals surface area contributed by atoms with Crippen LogP contribution < -0.4 is 0 Å². The third-order valence-corrected chi connectivity index (χ3v) is 3.44. The molecule has 1 rings (SSSR count). The Morgan fingerprint density at radius 2 is 2.00 bits per heavy atom. The van der Waals surface area contributed by atoms with Gasteiger partial charge in [0, 0.05) is 6.42 Å². The first-order valence-electron chi connectivity index (χ1n) is 5.15. The van der Waals surface area contributed by atoms with Gasteiger partial charge in [-0.05, 0) is 24.6 Å². The first-order valence-corrected chi connectivity index (χ1v) is 6.92. The van der Waals surface area contributed by atoms with Gasteiger partial charge in [0.25, 0.3) is 0 Å². The zero-order valence-electron chi connectivity index (χ0n) is 9.43. The molecule has 0 aliphatic carbocycles. The van der Waals surface area contributed by atoms with Crippen molar-refractivity contribution in [2.24, 2.45) is 0 Å². The predicted molar refractivity (Wildman–Crippen MR) is 61.4 cm³/mol. The van der Waals surface area contributed by atoms with Crippen molar-refractivity contribution < 1.29 is 23.2 Å². The number of hydrogen-bond donors (Lipinski definition) is 1. The molecule has 0 saturated carbocycles. The van der Waals surface area contributed by atoms with Crippen LogP contribution in [0, 0.1) is 5.82 Å². The third kappa shape index (κ3) is 5.22. The van der Waals surface area contributed by atoms with Crippen LogP contribution in [0.4, 0.5) is 4.39 Å². The summed E-state index contributed by atoms with van der Waals surface area (Å²) in [5.74, 6) is -0.792. The molecule has 0 aliphatic rings. The number of Topliss-reactive ketones (excluding diaryl/α,β-unsaturated/α-hetero) is 1. The topological polar surface area (TPSA) is 63.6 Å². The van der Waals surface area contributed by atoms with Crippen molar-refractivity contribution in [2.45, 2.75) is 13.3 Å². The van der Waals surface area contributed by atoms with Gasteiger partial charge in [0.15, 0.2) is 0 Å². The maximum atomic E-state index is 12.6. The second-order valence-electron chi connectivity index (χ2n) is 3.56. The Balaban J connectivity index is 2.55. The Labute approximate surface area is 99.0 Å². The molecule has 1 unspecified atom stereocenters. The molecule has 1 atom stereocenters. The molecule has 0 heterocycles. The molecule has 1 aromatic rings. The molecule has 1 aromatic carbocycles. The van der Waals surface area contributed by atoms with E-state index in [9.17, 15) is 18.6 Å². The minimum atomic E-state index is -3.82. The van der Waals surface area contributed by atoms with Crippen molar-refractivity contribution in [3.63, 3.8) is 0 Å². The van der Waals surface area contributed by atoms with Crippen LogP contribution in [0.25, 0.3) is 0 Å². The highest BCUT2D eigenvalue weighted by molar-refractivity contribution is 7.53. The lowest BCUT2D eigenvalue weighted by atomic mass is 10.1. The number of benzene rings is 1. The van der Waals surface area contributed by atoms with Crippen molar-refractivity contribution in [1.29, 1.82) is 0 Å². The highest BCUT2D eigenvalue weighted by Crippen LogP contribution is 2.41. The van der Waals surface area contributed by atoms with Crippen LogP contribution in [0.1, 0.15) is 12.5 Å². The van der Waals surface area contributed by atoms with Crippen molar-refractivity contribution in [3.8, 4) is 0 Å². The highest BCUT2D eigenvalue weighted by Gasteiger charge is 2.23. The Bertz CT molecular complexity index is 430. The normalized spacial score (nSPS) is 14.3. The predicted octanol–water partition coefficient (Wildman–Crippen LogP) is 2.16. The quantitative estimate of drug-likeness (QED) is 0.796. The molecule has 1 N–H and O–H groups in total. The lowest BCUT2D eigenvalue weighted by molar-refractivity contribution is -0.116. The molecule has 0 aromatic heterocycles. The lowest BCUT2D eigenvalue weighted by Crippen LogP contribution is -2.10. The van der Waals surface area contributed by atoms with Crippen LogP contribution in [0.2, 0.25) is 0 Å². The van der Waals surface area contributed by atoms with Gasteiger partial charge in [-0.1, -0.05) is 12.1 Å². The van der Waals surface area contributed by atoms with E-state index in [1.54, 1.807) is 6.92 Å². The van der Waals surface area contributed by atoms with Crippen molar-refractivity contribution in [1.82, 2.24) is 0 Å². The SMILES string of the molecule is CCOP(=O)(O)CC(=O)Cc1ccc(F)cc1. The standard InChI is InChI=1S/C11H14FO4P/c1-2-16-17(14,15)8-11(13)7-9-3-5-10(12)6-4-9/h3-6H,2,7-8H2,1H3,(H,14,15). The van der Waals surface area contributed by atoms with Crippen LogP contribution in [0.15, 0.2) is 24.3 Å². The van der Waals surface area contributed by atoms with Crippen LogP contribution >= 0.6 is 7.60 Å². The second kappa shape index (κ2) is 6.05. The van der Waals surface area contributed by atoms with Crippen molar-refractivity contribution >= 4 is 13.4 Å². The monoisotopic (exact) mass is 260 g/mol.